The zero-order valence-corrected chi connectivity index (χ0v) is 20.3. The summed E-state index contributed by atoms with van der Waals surface area (Å²) in [5, 5.41) is 11.9. The number of benzene rings is 1. The predicted molar refractivity (Wildman–Crippen MR) is 131 cm³/mol. The van der Waals surface area contributed by atoms with E-state index in [1.165, 1.54) is 11.3 Å². The van der Waals surface area contributed by atoms with Crippen LogP contribution in [0.2, 0.25) is 5.02 Å². The molecule has 4 aromatic rings. The van der Waals surface area contributed by atoms with Crippen molar-refractivity contribution in [2.24, 2.45) is 0 Å². The lowest BCUT2D eigenvalue weighted by Crippen LogP contribution is -2.06. The van der Waals surface area contributed by atoms with Crippen LogP contribution in [0.5, 0.6) is 5.75 Å². The van der Waals surface area contributed by atoms with Crippen molar-refractivity contribution in [3.05, 3.63) is 47.7 Å². The molecular formula is C24H25ClN4O3S. The van der Waals surface area contributed by atoms with Gasteiger partial charge in [-0.25, -0.2) is 4.98 Å². The summed E-state index contributed by atoms with van der Waals surface area (Å²) >= 11 is 7.90. The highest BCUT2D eigenvalue weighted by Crippen LogP contribution is 2.36. The van der Waals surface area contributed by atoms with E-state index < -0.39 is 0 Å². The number of hydrogen-bond acceptors (Lipinski definition) is 7. The molecule has 3 aromatic heterocycles. The first-order valence-corrected chi connectivity index (χ1v) is 12.1. The SMILES string of the molecule is CCOC(=O)CCCn1ccc2c(-c3nnc(-c4ccc(OC(C)C)c(Cl)c4)s3)ccnc21. The molecule has 7 nitrogen and oxygen atoms in total. The fraction of sp³-hybridized carbons (Fsp3) is 0.333. The smallest absolute Gasteiger partial charge is 0.305 e. The van der Waals surface area contributed by atoms with Crippen LogP contribution in [0.3, 0.4) is 0 Å². The normalized spacial score (nSPS) is 11.3. The van der Waals surface area contributed by atoms with E-state index in [9.17, 15) is 4.79 Å². The van der Waals surface area contributed by atoms with Gasteiger partial charge in [0.25, 0.3) is 0 Å². The van der Waals surface area contributed by atoms with E-state index in [1.807, 2.05) is 61.9 Å². The van der Waals surface area contributed by atoms with E-state index in [-0.39, 0.29) is 12.1 Å². The van der Waals surface area contributed by atoms with Crippen LogP contribution in [0.4, 0.5) is 0 Å². The number of carbonyl (C=O) groups excluding carboxylic acids is 1. The van der Waals surface area contributed by atoms with Crippen molar-refractivity contribution in [1.82, 2.24) is 19.7 Å². The maximum atomic E-state index is 11.6. The Balaban J connectivity index is 1.55. The largest absolute Gasteiger partial charge is 0.489 e. The fourth-order valence-corrected chi connectivity index (χ4v) is 4.62. The number of rotatable bonds is 9. The number of aryl methyl sites for hydroxylation is 1. The van der Waals surface area contributed by atoms with Crippen molar-refractivity contribution >= 4 is 39.9 Å². The maximum Gasteiger partial charge on any atom is 0.305 e. The van der Waals surface area contributed by atoms with E-state index in [0.717, 1.165) is 32.2 Å². The van der Waals surface area contributed by atoms with Crippen molar-refractivity contribution in [2.45, 2.75) is 46.3 Å². The highest BCUT2D eigenvalue weighted by atomic mass is 35.5. The van der Waals surface area contributed by atoms with Crippen molar-refractivity contribution in [2.75, 3.05) is 6.61 Å². The number of nitrogens with zero attached hydrogens (tertiary/aromatic N) is 4. The Bertz CT molecular complexity index is 1270. The fourth-order valence-electron chi connectivity index (χ4n) is 3.52. The Hall–Kier alpha value is -2.97. The third-order valence-electron chi connectivity index (χ3n) is 4.94. The summed E-state index contributed by atoms with van der Waals surface area (Å²) in [5.74, 6) is 0.480. The summed E-state index contributed by atoms with van der Waals surface area (Å²) in [5.41, 5.74) is 2.71. The molecule has 172 valence electrons. The number of esters is 1. The standard InChI is InChI=1S/C24H25ClN4O3S/c1-4-31-21(30)6-5-12-29-13-10-17-18(9-11-26-22(17)29)24-28-27-23(33-24)16-7-8-20(19(25)14-16)32-15(2)3/h7-11,13-15H,4-6,12H2,1-3H3. The van der Waals surface area contributed by atoms with E-state index in [2.05, 4.69) is 15.2 Å². The van der Waals surface area contributed by atoms with Gasteiger partial charge >= 0.3 is 5.97 Å². The van der Waals surface area contributed by atoms with Gasteiger partial charge in [0, 0.05) is 41.9 Å². The minimum absolute atomic E-state index is 0.0491. The number of fused-ring (bicyclic) bond motifs is 1. The first-order chi connectivity index (χ1) is 16.0. The van der Waals surface area contributed by atoms with Crippen molar-refractivity contribution in [1.29, 1.82) is 0 Å². The molecule has 0 aliphatic heterocycles. The number of hydrogen-bond donors (Lipinski definition) is 0. The molecule has 0 spiro atoms. The van der Waals surface area contributed by atoms with E-state index in [0.29, 0.717) is 36.8 Å². The van der Waals surface area contributed by atoms with Gasteiger partial charge in [0.2, 0.25) is 0 Å². The minimum Gasteiger partial charge on any atom is -0.489 e. The molecule has 0 radical (unpaired) electrons. The summed E-state index contributed by atoms with van der Waals surface area (Å²) in [4.78, 5) is 16.1. The van der Waals surface area contributed by atoms with Gasteiger partial charge in [-0.05, 0) is 57.5 Å². The monoisotopic (exact) mass is 484 g/mol. The summed E-state index contributed by atoms with van der Waals surface area (Å²) in [7, 11) is 0. The zero-order chi connectivity index (χ0) is 23.4. The lowest BCUT2D eigenvalue weighted by atomic mass is 10.2. The molecule has 0 aliphatic carbocycles. The topological polar surface area (TPSA) is 79.1 Å². The van der Waals surface area contributed by atoms with Crippen LogP contribution in [0.1, 0.15) is 33.6 Å². The Labute approximate surface area is 201 Å². The van der Waals surface area contributed by atoms with Crippen LogP contribution < -0.4 is 4.74 Å². The molecule has 0 saturated carbocycles. The average Bonchev–Trinajstić information content (AvgIpc) is 3.43. The molecule has 0 aliphatic rings. The van der Waals surface area contributed by atoms with E-state index in [1.54, 1.807) is 6.20 Å². The Morgan fingerprint density at radius 1 is 1.18 bits per heavy atom. The van der Waals surface area contributed by atoms with E-state index >= 15 is 0 Å². The molecule has 1 aromatic carbocycles. The lowest BCUT2D eigenvalue weighted by Gasteiger charge is -2.11. The summed E-state index contributed by atoms with van der Waals surface area (Å²) < 4.78 is 12.8. The van der Waals surface area contributed by atoms with E-state index in [4.69, 9.17) is 21.1 Å². The van der Waals surface area contributed by atoms with Crippen LogP contribution in [-0.2, 0) is 16.1 Å². The van der Waals surface area contributed by atoms with Crippen LogP contribution in [0.15, 0.2) is 42.7 Å². The number of aromatic nitrogens is 4. The van der Waals surface area contributed by atoms with Gasteiger partial charge in [-0.15, -0.1) is 10.2 Å². The third kappa shape index (κ3) is 5.34. The van der Waals surface area contributed by atoms with Gasteiger partial charge in [0.1, 0.15) is 21.4 Å². The number of ether oxygens (including phenoxy) is 2. The molecule has 0 bridgehead atoms. The van der Waals surface area contributed by atoms with Gasteiger partial charge in [0.05, 0.1) is 17.7 Å². The molecule has 0 fully saturated rings. The van der Waals surface area contributed by atoms with Gasteiger partial charge in [-0.1, -0.05) is 22.9 Å². The van der Waals surface area contributed by atoms with Crippen molar-refractivity contribution in [3.8, 4) is 26.9 Å². The molecule has 0 N–H and O–H groups in total. The molecule has 33 heavy (non-hydrogen) atoms. The first-order valence-electron chi connectivity index (χ1n) is 10.9. The molecule has 0 atom stereocenters. The first kappa shape index (κ1) is 23.2. The third-order valence-corrected chi connectivity index (χ3v) is 6.25. The van der Waals surface area contributed by atoms with Crippen LogP contribution in [-0.4, -0.2) is 38.4 Å². The van der Waals surface area contributed by atoms with Gasteiger partial charge < -0.3 is 14.0 Å². The van der Waals surface area contributed by atoms with Gasteiger partial charge in [-0.3, -0.25) is 4.79 Å². The van der Waals surface area contributed by atoms with Crippen LogP contribution in [0, 0.1) is 0 Å². The second-order valence-electron chi connectivity index (χ2n) is 7.74. The van der Waals surface area contributed by atoms with Crippen LogP contribution in [0.25, 0.3) is 32.2 Å². The molecule has 0 amide bonds. The number of halogens is 1. The summed E-state index contributed by atoms with van der Waals surface area (Å²) in [6.07, 6.45) is 4.88. The zero-order valence-electron chi connectivity index (χ0n) is 18.7. The van der Waals surface area contributed by atoms with Gasteiger partial charge in [-0.2, -0.15) is 0 Å². The number of pyridine rings is 1. The van der Waals surface area contributed by atoms with Crippen molar-refractivity contribution < 1.29 is 14.3 Å². The summed E-state index contributed by atoms with van der Waals surface area (Å²) in [6.45, 7) is 6.83. The Morgan fingerprint density at radius 2 is 2.00 bits per heavy atom. The van der Waals surface area contributed by atoms with Crippen LogP contribution >= 0.6 is 22.9 Å². The lowest BCUT2D eigenvalue weighted by molar-refractivity contribution is -0.143. The predicted octanol–water partition coefficient (Wildman–Crippen LogP) is 6.01. The molecular weight excluding hydrogens is 460 g/mol. The highest BCUT2D eigenvalue weighted by molar-refractivity contribution is 7.18. The van der Waals surface area contributed by atoms with Crippen molar-refractivity contribution in [3.63, 3.8) is 0 Å². The Kier molecular flexibility index (Phi) is 7.25. The second kappa shape index (κ2) is 10.3. The minimum atomic E-state index is -0.173. The molecule has 0 saturated heterocycles. The van der Waals surface area contributed by atoms with Gasteiger partial charge in [0.15, 0.2) is 0 Å². The highest BCUT2D eigenvalue weighted by Gasteiger charge is 2.15. The maximum absolute atomic E-state index is 11.6. The summed E-state index contributed by atoms with van der Waals surface area (Å²) in [6, 6.07) is 9.63. The average molecular weight is 485 g/mol. The Morgan fingerprint density at radius 3 is 2.76 bits per heavy atom. The molecule has 9 heteroatoms. The second-order valence-corrected chi connectivity index (χ2v) is 9.12. The quantitative estimate of drug-likeness (QED) is 0.271. The molecule has 3 heterocycles. The number of carbonyl (C=O) groups is 1. The molecule has 4 rings (SSSR count). The molecule has 0 unspecified atom stereocenters.